The van der Waals surface area contributed by atoms with Crippen LogP contribution in [0.25, 0.3) is 0 Å². The van der Waals surface area contributed by atoms with Crippen LogP contribution in [0.5, 0.6) is 0 Å². The van der Waals surface area contributed by atoms with Crippen LogP contribution in [0.2, 0.25) is 0 Å². The van der Waals surface area contributed by atoms with E-state index in [1.165, 1.54) is 18.2 Å². The van der Waals surface area contributed by atoms with E-state index in [0.29, 0.717) is 12.1 Å². The molecule has 1 aromatic rings. The molecule has 0 spiro atoms. The third kappa shape index (κ3) is 3.02. The molecule has 1 fully saturated rings. The first-order valence-electron chi connectivity index (χ1n) is 6.57. The smallest absolute Gasteiger partial charge is 0.335 e. The Morgan fingerprint density at radius 2 is 2.05 bits per heavy atom. The fourth-order valence-electron chi connectivity index (χ4n) is 2.31. The first kappa shape index (κ1) is 15.0. The number of hydrogen-bond donors (Lipinski definition) is 2. The summed E-state index contributed by atoms with van der Waals surface area (Å²) in [5, 5.41) is 9.05. The van der Waals surface area contributed by atoms with Crippen molar-refractivity contribution < 1.29 is 18.3 Å². The van der Waals surface area contributed by atoms with E-state index in [1.807, 2.05) is 0 Å². The van der Waals surface area contributed by atoms with Crippen molar-refractivity contribution in [3.05, 3.63) is 29.3 Å². The molecule has 0 aromatic heterocycles. The van der Waals surface area contributed by atoms with Crippen LogP contribution in [0, 0.1) is 12.3 Å². The third-order valence-electron chi connectivity index (χ3n) is 4.00. The minimum Gasteiger partial charge on any atom is -0.478 e. The van der Waals surface area contributed by atoms with Gasteiger partial charge in [0.1, 0.15) is 0 Å². The van der Waals surface area contributed by atoms with Gasteiger partial charge >= 0.3 is 5.97 Å². The molecular formula is C14H19NO4S. The summed E-state index contributed by atoms with van der Waals surface area (Å²) in [5.41, 5.74) is 0.595. The van der Waals surface area contributed by atoms with Crippen LogP contribution in [0.4, 0.5) is 0 Å². The van der Waals surface area contributed by atoms with E-state index >= 15 is 0 Å². The first-order chi connectivity index (χ1) is 9.23. The highest BCUT2D eigenvalue weighted by Gasteiger charge is 2.33. The van der Waals surface area contributed by atoms with Gasteiger partial charge in [-0.05, 0) is 42.9 Å². The fourth-order valence-corrected chi connectivity index (χ4v) is 3.53. The number of nitrogens with one attached hydrogen (secondary N) is 1. The quantitative estimate of drug-likeness (QED) is 0.872. The second-order valence-electron chi connectivity index (χ2n) is 5.77. The molecule has 1 aromatic carbocycles. The first-order valence-corrected chi connectivity index (χ1v) is 8.05. The molecule has 6 heteroatoms. The molecule has 110 valence electrons. The summed E-state index contributed by atoms with van der Waals surface area (Å²) in [6, 6.07) is 4.17. The molecule has 2 N–H and O–H groups in total. The van der Waals surface area contributed by atoms with Crippen LogP contribution in [0.3, 0.4) is 0 Å². The maximum atomic E-state index is 12.2. The molecular weight excluding hydrogens is 278 g/mol. The number of hydrogen-bond acceptors (Lipinski definition) is 3. The van der Waals surface area contributed by atoms with E-state index in [0.717, 1.165) is 19.3 Å². The standard InChI is InChI=1S/C14H19NO4S/c1-10-4-5-11(8-12(10)13(16)17)20(18,19)15-9-14(2)6-3-7-14/h4-5,8,15H,3,6-7,9H2,1-2H3,(H,16,17). The van der Waals surface area contributed by atoms with Gasteiger partial charge in [0.05, 0.1) is 10.5 Å². The molecule has 5 nitrogen and oxygen atoms in total. The average molecular weight is 297 g/mol. The number of carboxylic acid groups (broad SMARTS) is 1. The van der Waals surface area contributed by atoms with Crippen LogP contribution in [0.1, 0.15) is 42.1 Å². The molecule has 0 bridgehead atoms. The Hall–Kier alpha value is -1.40. The van der Waals surface area contributed by atoms with Crippen molar-refractivity contribution in [1.82, 2.24) is 4.72 Å². The zero-order valence-electron chi connectivity index (χ0n) is 11.6. The lowest BCUT2D eigenvalue weighted by Gasteiger charge is -2.38. The lowest BCUT2D eigenvalue weighted by molar-refractivity contribution is 0.0696. The molecule has 1 saturated carbocycles. The molecule has 20 heavy (non-hydrogen) atoms. The number of aryl methyl sites for hydroxylation is 1. The fraction of sp³-hybridized carbons (Fsp3) is 0.500. The molecule has 0 amide bonds. The molecule has 1 aliphatic rings. The highest BCUT2D eigenvalue weighted by Crippen LogP contribution is 2.39. The summed E-state index contributed by atoms with van der Waals surface area (Å²) in [6.07, 6.45) is 3.17. The zero-order chi connectivity index (χ0) is 15.0. The Labute approximate surface area is 119 Å². The Morgan fingerprint density at radius 1 is 1.40 bits per heavy atom. The Bertz CT molecular complexity index is 633. The van der Waals surface area contributed by atoms with Crippen LogP contribution in [0.15, 0.2) is 23.1 Å². The monoisotopic (exact) mass is 297 g/mol. The van der Waals surface area contributed by atoms with Crippen molar-refractivity contribution in [3.8, 4) is 0 Å². The van der Waals surface area contributed by atoms with Gasteiger partial charge in [-0.25, -0.2) is 17.9 Å². The number of carbonyl (C=O) groups is 1. The van der Waals surface area contributed by atoms with Crippen LogP contribution in [-0.4, -0.2) is 26.0 Å². The van der Waals surface area contributed by atoms with Crippen LogP contribution >= 0.6 is 0 Å². The lowest BCUT2D eigenvalue weighted by Crippen LogP contribution is -2.39. The summed E-state index contributed by atoms with van der Waals surface area (Å²) < 4.78 is 27.0. The minimum atomic E-state index is -3.66. The minimum absolute atomic E-state index is 0.00317. The number of rotatable bonds is 5. The zero-order valence-corrected chi connectivity index (χ0v) is 12.5. The van der Waals surface area contributed by atoms with Crippen LogP contribution in [-0.2, 0) is 10.0 Å². The third-order valence-corrected chi connectivity index (χ3v) is 5.40. The summed E-state index contributed by atoms with van der Waals surface area (Å²) in [5.74, 6) is -1.12. The number of sulfonamides is 1. The highest BCUT2D eigenvalue weighted by molar-refractivity contribution is 7.89. The largest absolute Gasteiger partial charge is 0.478 e. The summed E-state index contributed by atoms with van der Waals surface area (Å²) in [4.78, 5) is 11.1. The van der Waals surface area contributed by atoms with E-state index in [-0.39, 0.29) is 15.9 Å². The van der Waals surface area contributed by atoms with Crippen molar-refractivity contribution >= 4 is 16.0 Å². The second kappa shape index (κ2) is 5.18. The van der Waals surface area contributed by atoms with Gasteiger partial charge in [0.2, 0.25) is 10.0 Å². The SMILES string of the molecule is Cc1ccc(S(=O)(=O)NCC2(C)CCC2)cc1C(=O)O. The van der Waals surface area contributed by atoms with Gasteiger partial charge in [0.15, 0.2) is 0 Å². The Kier molecular flexibility index (Phi) is 3.88. The van der Waals surface area contributed by atoms with Crippen molar-refractivity contribution in [1.29, 1.82) is 0 Å². The molecule has 0 aliphatic heterocycles. The highest BCUT2D eigenvalue weighted by atomic mass is 32.2. The average Bonchev–Trinajstić information content (AvgIpc) is 2.34. The van der Waals surface area contributed by atoms with E-state index in [9.17, 15) is 13.2 Å². The molecule has 2 rings (SSSR count). The van der Waals surface area contributed by atoms with Gasteiger partial charge in [0.25, 0.3) is 0 Å². The Balaban J connectivity index is 2.21. The van der Waals surface area contributed by atoms with Gasteiger partial charge in [-0.1, -0.05) is 19.4 Å². The maximum Gasteiger partial charge on any atom is 0.335 e. The van der Waals surface area contributed by atoms with Crippen molar-refractivity contribution in [2.45, 2.75) is 38.0 Å². The number of benzene rings is 1. The molecule has 0 atom stereocenters. The van der Waals surface area contributed by atoms with Gasteiger partial charge in [0, 0.05) is 6.54 Å². The van der Waals surface area contributed by atoms with Gasteiger partial charge in [-0.3, -0.25) is 0 Å². The van der Waals surface area contributed by atoms with Gasteiger partial charge < -0.3 is 5.11 Å². The topological polar surface area (TPSA) is 83.5 Å². The molecule has 1 aliphatic carbocycles. The van der Waals surface area contributed by atoms with E-state index < -0.39 is 16.0 Å². The summed E-state index contributed by atoms with van der Waals surface area (Å²) >= 11 is 0. The van der Waals surface area contributed by atoms with Gasteiger partial charge in [-0.2, -0.15) is 0 Å². The molecule has 0 unspecified atom stereocenters. The predicted molar refractivity (Wildman–Crippen MR) is 75.3 cm³/mol. The van der Waals surface area contributed by atoms with Gasteiger partial charge in [-0.15, -0.1) is 0 Å². The Morgan fingerprint density at radius 3 is 2.55 bits per heavy atom. The number of aromatic carboxylic acids is 1. The summed E-state index contributed by atoms with van der Waals surface area (Å²) in [6.45, 7) is 4.09. The van der Waals surface area contributed by atoms with E-state index in [4.69, 9.17) is 5.11 Å². The lowest BCUT2D eigenvalue weighted by atomic mass is 9.71. The maximum absolute atomic E-state index is 12.2. The molecule has 0 saturated heterocycles. The normalized spacial score (nSPS) is 17.5. The predicted octanol–water partition coefficient (Wildman–Crippen LogP) is 2.16. The van der Waals surface area contributed by atoms with E-state index in [2.05, 4.69) is 11.6 Å². The number of carboxylic acids is 1. The van der Waals surface area contributed by atoms with Crippen LogP contribution < -0.4 is 4.72 Å². The van der Waals surface area contributed by atoms with E-state index in [1.54, 1.807) is 6.92 Å². The van der Waals surface area contributed by atoms with Crippen molar-refractivity contribution in [2.75, 3.05) is 6.54 Å². The molecule has 0 radical (unpaired) electrons. The summed E-state index contributed by atoms with van der Waals surface area (Å²) in [7, 11) is -3.66. The molecule has 0 heterocycles. The second-order valence-corrected chi connectivity index (χ2v) is 7.54. The van der Waals surface area contributed by atoms with Crippen molar-refractivity contribution in [3.63, 3.8) is 0 Å². The van der Waals surface area contributed by atoms with Crippen molar-refractivity contribution in [2.24, 2.45) is 5.41 Å².